The predicted octanol–water partition coefficient (Wildman–Crippen LogP) is 3.88. The fraction of sp³-hybridized carbons (Fsp3) is 0.333. The molecule has 0 aliphatic heterocycles. The SMILES string of the molecule is NCc1ccc(COC2CCCc3ccccc32)c(F)c1. The van der Waals surface area contributed by atoms with Gasteiger partial charge in [0.1, 0.15) is 5.82 Å². The van der Waals surface area contributed by atoms with Crippen LogP contribution in [0.5, 0.6) is 0 Å². The molecule has 110 valence electrons. The summed E-state index contributed by atoms with van der Waals surface area (Å²) in [6.07, 6.45) is 3.30. The van der Waals surface area contributed by atoms with Crippen molar-refractivity contribution in [1.29, 1.82) is 0 Å². The van der Waals surface area contributed by atoms with Crippen LogP contribution in [0, 0.1) is 5.82 Å². The van der Waals surface area contributed by atoms with Crippen molar-refractivity contribution in [2.75, 3.05) is 0 Å². The second-order valence-electron chi connectivity index (χ2n) is 5.52. The highest BCUT2D eigenvalue weighted by Gasteiger charge is 2.20. The summed E-state index contributed by atoms with van der Waals surface area (Å²) in [7, 11) is 0. The summed E-state index contributed by atoms with van der Waals surface area (Å²) in [4.78, 5) is 0. The Hall–Kier alpha value is -1.71. The molecule has 0 heterocycles. The quantitative estimate of drug-likeness (QED) is 0.925. The van der Waals surface area contributed by atoms with E-state index in [1.807, 2.05) is 12.1 Å². The van der Waals surface area contributed by atoms with Crippen LogP contribution in [0.4, 0.5) is 4.39 Å². The number of rotatable bonds is 4. The maximum absolute atomic E-state index is 14.0. The average molecular weight is 285 g/mol. The van der Waals surface area contributed by atoms with E-state index in [2.05, 4.69) is 18.2 Å². The maximum Gasteiger partial charge on any atom is 0.129 e. The van der Waals surface area contributed by atoms with E-state index in [4.69, 9.17) is 10.5 Å². The molecule has 0 radical (unpaired) electrons. The molecule has 1 atom stereocenters. The lowest BCUT2D eigenvalue weighted by Gasteiger charge is -2.25. The first kappa shape index (κ1) is 14.2. The van der Waals surface area contributed by atoms with Crippen molar-refractivity contribution in [2.24, 2.45) is 5.73 Å². The summed E-state index contributed by atoms with van der Waals surface area (Å²) < 4.78 is 19.9. The van der Waals surface area contributed by atoms with E-state index < -0.39 is 0 Å². The molecule has 0 bridgehead atoms. The van der Waals surface area contributed by atoms with Gasteiger partial charge in [-0.15, -0.1) is 0 Å². The van der Waals surface area contributed by atoms with Gasteiger partial charge in [-0.05, 0) is 42.0 Å². The van der Waals surface area contributed by atoms with Crippen molar-refractivity contribution in [1.82, 2.24) is 0 Å². The van der Waals surface area contributed by atoms with Gasteiger partial charge in [0.15, 0.2) is 0 Å². The Kier molecular flexibility index (Phi) is 4.32. The molecule has 0 aromatic heterocycles. The van der Waals surface area contributed by atoms with E-state index >= 15 is 0 Å². The van der Waals surface area contributed by atoms with Crippen molar-refractivity contribution < 1.29 is 9.13 Å². The molecule has 0 spiro atoms. The highest BCUT2D eigenvalue weighted by molar-refractivity contribution is 5.31. The third kappa shape index (κ3) is 3.14. The van der Waals surface area contributed by atoms with Crippen LogP contribution in [0.25, 0.3) is 0 Å². The third-order valence-corrected chi connectivity index (χ3v) is 4.11. The standard InChI is InChI=1S/C18H20FNO/c19-17-10-13(11-20)8-9-15(17)12-21-18-7-3-5-14-4-1-2-6-16(14)18/h1-2,4,6,8-10,18H,3,5,7,11-12,20H2. The summed E-state index contributed by atoms with van der Waals surface area (Å²) in [5.41, 5.74) is 9.52. The number of hydrogen-bond donors (Lipinski definition) is 1. The van der Waals surface area contributed by atoms with Crippen LogP contribution in [0.2, 0.25) is 0 Å². The molecule has 21 heavy (non-hydrogen) atoms. The maximum atomic E-state index is 14.0. The van der Waals surface area contributed by atoms with Gasteiger partial charge in [-0.3, -0.25) is 0 Å². The average Bonchev–Trinajstić information content (AvgIpc) is 2.53. The first-order valence-electron chi connectivity index (χ1n) is 7.44. The Morgan fingerprint density at radius 3 is 2.86 bits per heavy atom. The number of hydrogen-bond acceptors (Lipinski definition) is 2. The molecule has 0 amide bonds. The number of halogens is 1. The second kappa shape index (κ2) is 6.37. The number of aryl methyl sites for hydroxylation is 1. The molecule has 0 saturated carbocycles. The number of nitrogens with two attached hydrogens (primary N) is 1. The van der Waals surface area contributed by atoms with Gasteiger partial charge < -0.3 is 10.5 Å². The predicted molar refractivity (Wildman–Crippen MR) is 81.2 cm³/mol. The van der Waals surface area contributed by atoms with Gasteiger partial charge in [0.25, 0.3) is 0 Å². The molecule has 2 nitrogen and oxygen atoms in total. The van der Waals surface area contributed by atoms with E-state index in [-0.39, 0.29) is 11.9 Å². The molecule has 1 aliphatic rings. The zero-order chi connectivity index (χ0) is 14.7. The molecule has 2 N–H and O–H groups in total. The van der Waals surface area contributed by atoms with Crippen molar-refractivity contribution >= 4 is 0 Å². The van der Waals surface area contributed by atoms with Crippen molar-refractivity contribution in [3.05, 3.63) is 70.5 Å². The molecular weight excluding hydrogens is 265 g/mol. The van der Waals surface area contributed by atoms with Crippen LogP contribution in [0.1, 0.15) is 41.2 Å². The van der Waals surface area contributed by atoms with Gasteiger partial charge in [-0.25, -0.2) is 4.39 Å². The number of fused-ring (bicyclic) bond motifs is 1. The van der Waals surface area contributed by atoms with E-state index in [0.717, 1.165) is 24.8 Å². The van der Waals surface area contributed by atoms with Crippen molar-refractivity contribution in [3.8, 4) is 0 Å². The van der Waals surface area contributed by atoms with Crippen molar-refractivity contribution in [3.63, 3.8) is 0 Å². The number of benzene rings is 2. The highest BCUT2D eigenvalue weighted by atomic mass is 19.1. The summed E-state index contributed by atoms with van der Waals surface area (Å²) in [5, 5.41) is 0. The third-order valence-electron chi connectivity index (χ3n) is 4.11. The smallest absolute Gasteiger partial charge is 0.129 e. The zero-order valence-corrected chi connectivity index (χ0v) is 12.0. The second-order valence-corrected chi connectivity index (χ2v) is 5.52. The molecule has 2 aromatic rings. The summed E-state index contributed by atoms with van der Waals surface area (Å²) in [6.45, 7) is 0.656. The minimum atomic E-state index is -0.234. The Labute approximate surface area is 124 Å². The van der Waals surface area contributed by atoms with E-state index in [9.17, 15) is 4.39 Å². The lowest BCUT2D eigenvalue weighted by atomic mass is 9.89. The minimum absolute atomic E-state index is 0.0727. The lowest BCUT2D eigenvalue weighted by Crippen LogP contribution is -2.13. The van der Waals surface area contributed by atoms with Crippen LogP contribution < -0.4 is 5.73 Å². The Morgan fingerprint density at radius 1 is 1.19 bits per heavy atom. The van der Waals surface area contributed by atoms with Gasteiger partial charge in [0.05, 0.1) is 12.7 Å². The molecule has 3 rings (SSSR count). The first-order valence-corrected chi connectivity index (χ1v) is 7.44. The van der Waals surface area contributed by atoms with Gasteiger partial charge in [-0.1, -0.05) is 36.4 Å². The van der Waals surface area contributed by atoms with Crippen molar-refractivity contribution in [2.45, 2.75) is 38.5 Å². The molecule has 1 unspecified atom stereocenters. The van der Waals surface area contributed by atoms with E-state index in [1.165, 1.54) is 17.2 Å². The molecule has 3 heteroatoms. The first-order chi connectivity index (χ1) is 10.3. The molecule has 0 fully saturated rings. The fourth-order valence-corrected chi connectivity index (χ4v) is 2.91. The van der Waals surface area contributed by atoms with Gasteiger partial charge in [0, 0.05) is 12.1 Å². The van der Waals surface area contributed by atoms with Crippen LogP contribution in [0.3, 0.4) is 0 Å². The molecule has 1 aliphatic carbocycles. The van der Waals surface area contributed by atoms with E-state index in [0.29, 0.717) is 18.7 Å². The minimum Gasteiger partial charge on any atom is -0.369 e. The summed E-state index contributed by atoms with van der Waals surface area (Å²) >= 11 is 0. The Balaban J connectivity index is 1.71. The van der Waals surface area contributed by atoms with Gasteiger partial charge in [-0.2, -0.15) is 0 Å². The normalized spacial score (nSPS) is 17.5. The fourth-order valence-electron chi connectivity index (χ4n) is 2.91. The van der Waals surface area contributed by atoms with Crippen LogP contribution >= 0.6 is 0 Å². The molecule has 0 saturated heterocycles. The van der Waals surface area contributed by atoms with Crippen LogP contribution in [-0.2, 0) is 24.3 Å². The van der Waals surface area contributed by atoms with Crippen LogP contribution in [0.15, 0.2) is 42.5 Å². The van der Waals surface area contributed by atoms with Crippen LogP contribution in [-0.4, -0.2) is 0 Å². The zero-order valence-electron chi connectivity index (χ0n) is 12.0. The lowest BCUT2D eigenvalue weighted by molar-refractivity contribution is 0.0268. The van der Waals surface area contributed by atoms with E-state index in [1.54, 1.807) is 6.07 Å². The van der Waals surface area contributed by atoms with Gasteiger partial charge in [0.2, 0.25) is 0 Å². The monoisotopic (exact) mass is 285 g/mol. The highest BCUT2D eigenvalue weighted by Crippen LogP contribution is 2.33. The Morgan fingerprint density at radius 2 is 2.05 bits per heavy atom. The topological polar surface area (TPSA) is 35.2 Å². The summed E-state index contributed by atoms with van der Waals surface area (Å²) in [6, 6.07) is 13.5. The Bertz CT molecular complexity index is 626. The van der Waals surface area contributed by atoms with Gasteiger partial charge >= 0.3 is 0 Å². The summed E-state index contributed by atoms with van der Waals surface area (Å²) in [5.74, 6) is -0.234. The largest absolute Gasteiger partial charge is 0.369 e. The molecular formula is C18H20FNO. The number of ether oxygens (including phenoxy) is 1. The molecule has 2 aromatic carbocycles.